The van der Waals surface area contributed by atoms with E-state index in [1.165, 1.54) is 12.1 Å². The Labute approximate surface area is 137 Å². The van der Waals surface area contributed by atoms with Crippen LogP contribution in [0.4, 0.5) is 11.4 Å². The molecule has 6 heteroatoms. The maximum Gasteiger partial charge on any atom is 0.335 e. The molecule has 1 heterocycles. The van der Waals surface area contributed by atoms with E-state index >= 15 is 0 Å². The van der Waals surface area contributed by atoms with Gasteiger partial charge in [0.25, 0.3) is 5.91 Å². The molecule has 0 unspecified atom stereocenters. The van der Waals surface area contributed by atoms with Crippen molar-refractivity contribution in [1.29, 1.82) is 0 Å². The molecule has 3 rings (SSSR count). The lowest BCUT2D eigenvalue weighted by Crippen LogP contribution is -2.11. The van der Waals surface area contributed by atoms with Crippen LogP contribution in [0.15, 0.2) is 65.1 Å². The number of carbonyl (C=O) groups excluding carboxylic acids is 1. The third kappa shape index (κ3) is 3.27. The highest BCUT2D eigenvalue weighted by Crippen LogP contribution is 2.24. The van der Waals surface area contributed by atoms with Gasteiger partial charge < -0.3 is 20.6 Å². The Bertz CT molecular complexity index is 915. The van der Waals surface area contributed by atoms with Crippen molar-refractivity contribution in [1.82, 2.24) is 0 Å². The molecule has 0 aliphatic rings. The molecular formula is C18H14N2O4. The highest BCUT2D eigenvalue weighted by Gasteiger charge is 2.13. The lowest BCUT2D eigenvalue weighted by molar-refractivity contribution is 0.0696. The summed E-state index contributed by atoms with van der Waals surface area (Å²) >= 11 is 0. The van der Waals surface area contributed by atoms with Crippen LogP contribution in [0.5, 0.6) is 0 Å². The van der Waals surface area contributed by atoms with Crippen molar-refractivity contribution in [3.8, 4) is 11.3 Å². The van der Waals surface area contributed by atoms with E-state index in [2.05, 4.69) is 5.32 Å². The van der Waals surface area contributed by atoms with Crippen molar-refractivity contribution in [2.75, 3.05) is 11.1 Å². The minimum absolute atomic E-state index is 0.0905. The average Bonchev–Trinajstić information content (AvgIpc) is 3.05. The van der Waals surface area contributed by atoms with Crippen molar-refractivity contribution < 1.29 is 19.1 Å². The standard InChI is InChI=1S/C18H14N2O4/c19-13-5-1-3-11(9-13)15-7-8-16(24-15)17(21)20-14-6-2-4-12(10-14)18(22)23/h1-10H,19H2,(H,20,21)(H,22,23). The summed E-state index contributed by atoms with van der Waals surface area (Å²) in [5.41, 5.74) is 7.56. The van der Waals surface area contributed by atoms with Gasteiger partial charge in [-0.05, 0) is 42.5 Å². The van der Waals surface area contributed by atoms with Crippen LogP contribution < -0.4 is 11.1 Å². The van der Waals surface area contributed by atoms with Crippen LogP contribution in [-0.4, -0.2) is 17.0 Å². The minimum Gasteiger partial charge on any atom is -0.478 e. The fourth-order valence-electron chi connectivity index (χ4n) is 2.23. The van der Waals surface area contributed by atoms with Crippen molar-refractivity contribution in [2.24, 2.45) is 0 Å². The molecule has 3 aromatic rings. The number of hydrogen-bond acceptors (Lipinski definition) is 4. The Balaban J connectivity index is 1.79. The summed E-state index contributed by atoms with van der Waals surface area (Å²) in [6, 6.07) is 16.3. The number of nitrogens with one attached hydrogen (secondary N) is 1. The number of amides is 1. The summed E-state index contributed by atoms with van der Waals surface area (Å²) < 4.78 is 5.55. The molecule has 6 nitrogen and oxygen atoms in total. The SMILES string of the molecule is Nc1cccc(-c2ccc(C(=O)Nc3cccc(C(=O)O)c3)o2)c1. The van der Waals surface area contributed by atoms with Crippen LogP contribution in [0.25, 0.3) is 11.3 Å². The third-order valence-electron chi connectivity index (χ3n) is 3.37. The molecule has 2 aromatic carbocycles. The first-order chi connectivity index (χ1) is 11.5. The van der Waals surface area contributed by atoms with Crippen molar-refractivity contribution >= 4 is 23.3 Å². The van der Waals surface area contributed by atoms with Gasteiger partial charge in [-0.1, -0.05) is 18.2 Å². The zero-order chi connectivity index (χ0) is 17.1. The van der Waals surface area contributed by atoms with E-state index in [1.54, 1.807) is 42.5 Å². The molecule has 24 heavy (non-hydrogen) atoms. The number of benzene rings is 2. The van der Waals surface area contributed by atoms with E-state index in [0.717, 1.165) is 5.56 Å². The Morgan fingerprint density at radius 3 is 2.54 bits per heavy atom. The number of carbonyl (C=O) groups is 2. The molecule has 0 bridgehead atoms. The van der Waals surface area contributed by atoms with Gasteiger partial charge in [-0.2, -0.15) is 0 Å². The lowest BCUT2D eigenvalue weighted by Gasteiger charge is -2.04. The maximum absolute atomic E-state index is 12.2. The van der Waals surface area contributed by atoms with E-state index in [4.69, 9.17) is 15.3 Å². The van der Waals surface area contributed by atoms with E-state index in [0.29, 0.717) is 17.1 Å². The average molecular weight is 322 g/mol. The lowest BCUT2D eigenvalue weighted by atomic mass is 10.1. The first-order valence-electron chi connectivity index (χ1n) is 7.13. The Morgan fingerprint density at radius 2 is 1.79 bits per heavy atom. The number of nitrogen functional groups attached to an aromatic ring is 1. The van der Waals surface area contributed by atoms with Gasteiger partial charge in [-0.25, -0.2) is 4.79 Å². The van der Waals surface area contributed by atoms with Gasteiger partial charge in [-0.3, -0.25) is 4.79 Å². The predicted octanol–water partition coefficient (Wildman–Crippen LogP) is 3.48. The number of furan rings is 1. The second-order valence-electron chi connectivity index (χ2n) is 5.13. The highest BCUT2D eigenvalue weighted by atomic mass is 16.4. The largest absolute Gasteiger partial charge is 0.478 e. The van der Waals surface area contributed by atoms with Crippen LogP contribution in [-0.2, 0) is 0 Å². The Hall–Kier alpha value is -3.54. The second-order valence-corrected chi connectivity index (χ2v) is 5.13. The van der Waals surface area contributed by atoms with Gasteiger partial charge >= 0.3 is 5.97 Å². The molecule has 0 atom stereocenters. The molecule has 0 saturated carbocycles. The van der Waals surface area contributed by atoms with Crippen LogP contribution in [0.1, 0.15) is 20.9 Å². The molecule has 0 spiro atoms. The predicted molar refractivity (Wildman–Crippen MR) is 89.9 cm³/mol. The van der Waals surface area contributed by atoms with E-state index in [9.17, 15) is 9.59 Å². The number of nitrogens with two attached hydrogens (primary N) is 1. The third-order valence-corrected chi connectivity index (χ3v) is 3.37. The summed E-state index contributed by atoms with van der Waals surface area (Å²) in [6.45, 7) is 0. The van der Waals surface area contributed by atoms with Crippen LogP contribution in [0.3, 0.4) is 0 Å². The van der Waals surface area contributed by atoms with Gasteiger partial charge in [0.2, 0.25) is 0 Å². The number of carboxylic acid groups (broad SMARTS) is 1. The molecule has 0 aliphatic carbocycles. The molecule has 0 saturated heterocycles. The molecule has 1 amide bonds. The van der Waals surface area contributed by atoms with Gasteiger partial charge in [0.15, 0.2) is 5.76 Å². The second kappa shape index (κ2) is 6.29. The zero-order valence-electron chi connectivity index (χ0n) is 12.5. The van der Waals surface area contributed by atoms with Gasteiger partial charge in [0, 0.05) is 16.9 Å². The number of aromatic carboxylic acids is 1. The van der Waals surface area contributed by atoms with Crippen molar-refractivity contribution in [2.45, 2.75) is 0 Å². The normalized spacial score (nSPS) is 10.3. The molecule has 4 N–H and O–H groups in total. The van der Waals surface area contributed by atoms with Crippen LogP contribution >= 0.6 is 0 Å². The topological polar surface area (TPSA) is 106 Å². The maximum atomic E-state index is 12.2. The quantitative estimate of drug-likeness (QED) is 0.638. The van der Waals surface area contributed by atoms with Crippen molar-refractivity contribution in [3.05, 3.63) is 72.0 Å². The zero-order valence-corrected chi connectivity index (χ0v) is 12.5. The summed E-state index contributed by atoms with van der Waals surface area (Å²) in [5.74, 6) is -0.888. The highest BCUT2D eigenvalue weighted by molar-refractivity contribution is 6.03. The summed E-state index contributed by atoms with van der Waals surface area (Å²) in [6.07, 6.45) is 0. The fraction of sp³-hybridized carbons (Fsp3) is 0. The van der Waals surface area contributed by atoms with E-state index in [1.807, 2.05) is 6.07 Å². The number of anilines is 2. The van der Waals surface area contributed by atoms with Gasteiger partial charge in [-0.15, -0.1) is 0 Å². The monoisotopic (exact) mass is 322 g/mol. The summed E-state index contributed by atoms with van der Waals surface area (Å²) in [5, 5.41) is 11.6. The Kier molecular flexibility index (Phi) is 4.03. The van der Waals surface area contributed by atoms with Crippen LogP contribution in [0.2, 0.25) is 0 Å². The fourth-order valence-corrected chi connectivity index (χ4v) is 2.23. The number of rotatable bonds is 4. The van der Waals surface area contributed by atoms with Gasteiger partial charge in [0.05, 0.1) is 5.56 Å². The molecule has 0 fully saturated rings. The first kappa shape index (κ1) is 15.4. The summed E-state index contributed by atoms with van der Waals surface area (Å²) in [4.78, 5) is 23.2. The van der Waals surface area contributed by atoms with Gasteiger partial charge in [0.1, 0.15) is 5.76 Å². The van der Waals surface area contributed by atoms with Crippen molar-refractivity contribution in [3.63, 3.8) is 0 Å². The number of hydrogen-bond donors (Lipinski definition) is 3. The Morgan fingerprint density at radius 1 is 1.00 bits per heavy atom. The smallest absolute Gasteiger partial charge is 0.335 e. The van der Waals surface area contributed by atoms with E-state index < -0.39 is 11.9 Å². The molecule has 1 aromatic heterocycles. The van der Waals surface area contributed by atoms with E-state index in [-0.39, 0.29) is 11.3 Å². The summed E-state index contributed by atoms with van der Waals surface area (Å²) in [7, 11) is 0. The molecule has 0 aliphatic heterocycles. The first-order valence-corrected chi connectivity index (χ1v) is 7.13. The molecular weight excluding hydrogens is 308 g/mol. The minimum atomic E-state index is -1.06. The molecule has 0 radical (unpaired) electrons. The number of carboxylic acids is 1. The molecule has 120 valence electrons. The van der Waals surface area contributed by atoms with Crippen LogP contribution in [0, 0.1) is 0 Å².